The first kappa shape index (κ1) is 32.1. The number of nitrogens with zero attached hydrogens (tertiary/aromatic N) is 6. The SMILES string of the molecule is Cl.Cl.Cn1nc2c(=O)n(CC3(O)CCN(Cc4ccc(-c5cncs5)cc4Cl)CC3)cnc2c1-c1ccc(CN)cc1. The average molecular weight is 649 g/mol. The molecule has 1 aliphatic heterocycles. The van der Waals surface area contributed by atoms with Gasteiger partial charge in [0.1, 0.15) is 5.52 Å². The predicted octanol–water partition coefficient (Wildman–Crippen LogP) is 4.90. The fourth-order valence-corrected chi connectivity index (χ4v) is 6.22. The van der Waals surface area contributed by atoms with Crippen LogP contribution in [0.25, 0.3) is 32.7 Å². The maximum absolute atomic E-state index is 13.4. The molecule has 0 bridgehead atoms. The second-order valence-electron chi connectivity index (χ2n) is 10.4. The van der Waals surface area contributed by atoms with Crippen molar-refractivity contribution in [3.63, 3.8) is 0 Å². The molecule has 13 heteroatoms. The van der Waals surface area contributed by atoms with Crippen molar-refractivity contribution in [1.29, 1.82) is 0 Å². The Hall–Kier alpha value is -2.83. The van der Waals surface area contributed by atoms with Crippen LogP contribution in [-0.4, -0.2) is 53.0 Å². The van der Waals surface area contributed by atoms with Gasteiger partial charge in [-0.3, -0.25) is 23.9 Å². The number of hydrogen-bond acceptors (Lipinski definition) is 8. The Bertz CT molecular complexity index is 1710. The van der Waals surface area contributed by atoms with Gasteiger partial charge in [-0.05, 0) is 35.6 Å². The summed E-state index contributed by atoms with van der Waals surface area (Å²) < 4.78 is 3.17. The molecular weight excluding hydrogens is 617 g/mol. The molecule has 0 aliphatic carbocycles. The van der Waals surface area contributed by atoms with E-state index >= 15 is 0 Å². The third-order valence-corrected chi connectivity index (χ3v) is 8.86. The Balaban J connectivity index is 0.00000202. The Labute approximate surface area is 264 Å². The average Bonchev–Trinajstić information content (AvgIpc) is 3.61. The van der Waals surface area contributed by atoms with Crippen LogP contribution in [-0.2, 0) is 26.7 Å². The van der Waals surface area contributed by atoms with Crippen molar-refractivity contribution in [3.8, 4) is 21.7 Å². The fourth-order valence-electron chi connectivity index (χ4n) is 5.36. The molecule has 6 rings (SSSR count). The van der Waals surface area contributed by atoms with Crippen LogP contribution in [0.3, 0.4) is 0 Å². The van der Waals surface area contributed by atoms with Crippen LogP contribution in [0, 0.1) is 0 Å². The lowest BCUT2D eigenvalue weighted by Crippen LogP contribution is -2.47. The molecule has 42 heavy (non-hydrogen) atoms. The number of aliphatic hydroxyl groups is 1. The van der Waals surface area contributed by atoms with Gasteiger partial charge in [-0.25, -0.2) is 4.98 Å². The maximum atomic E-state index is 13.4. The van der Waals surface area contributed by atoms with E-state index in [0.717, 1.165) is 37.8 Å². The van der Waals surface area contributed by atoms with Crippen molar-refractivity contribution in [3.05, 3.63) is 87.0 Å². The number of nitrogens with two attached hydrogens (primary N) is 1. The minimum absolute atomic E-state index is 0. The Kier molecular flexibility index (Phi) is 10.1. The summed E-state index contributed by atoms with van der Waals surface area (Å²) in [6.45, 7) is 2.73. The molecule has 1 fully saturated rings. The number of rotatable bonds is 7. The van der Waals surface area contributed by atoms with Crippen LogP contribution in [0.4, 0.5) is 0 Å². The highest BCUT2D eigenvalue weighted by Crippen LogP contribution is 2.31. The lowest BCUT2D eigenvalue weighted by Gasteiger charge is -2.38. The zero-order valence-electron chi connectivity index (χ0n) is 22.9. The summed E-state index contributed by atoms with van der Waals surface area (Å²) in [6.07, 6.45) is 4.44. The normalized spacial score (nSPS) is 14.9. The van der Waals surface area contributed by atoms with Crippen molar-refractivity contribution < 1.29 is 5.11 Å². The zero-order valence-corrected chi connectivity index (χ0v) is 26.1. The van der Waals surface area contributed by atoms with Gasteiger partial charge >= 0.3 is 0 Å². The third-order valence-electron chi connectivity index (χ3n) is 7.69. The quantitative estimate of drug-likeness (QED) is 0.258. The van der Waals surface area contributed by atoms with E-state index in [4.69, 9.17) is 17.3 Å². The van der Waals surface area contributed by atoms with E-state index in [1.54, 1.807) is 23.1 Å². The summed E-state index contributed by atoms with van der Waals surface area (Å²) in [5.74, 6) is 0. The number of thiazole rings is 1. The van der Waals surface area contributed by atoms with Crippen molar-refractivity contribution in [2.24, 2.45) is 12.8 Å². The smallest absolute Gasteiger partial charge is 0.281 e. The molecule has 1 saturated heterocycles. The topological polar surface area (TPSA) is 115 Å². The van der Waals surface area contributed by atoms with Gasteiger partial charge < -0.3 is 10.8 Å². The summed E-state index contributed by atoms with van der Waals surface area (Å²) in [5.41, 5.74) is 11.9. The Morgan fingerprint density at radius 1 is 1.07 bits per heavy atom. The van der Waals surface area contributed by atoms with Crippen LogP contribution in [0.15, 0.2) is 65.3 Å². The molecule has 0 saturated carbocycles. The van der Waals surface area contributed by atoms with Crippen molar-refractivity contribution in [1.82, 2.24) is 29.2 Å². The molecule has 0 amide bonds. The number of likely N-dealkylation sites (tertiary alicyclic amines) is 1. The Morgan fingerprint density at radius 3 is 2.43 bits per heavy atom. The van der Waals surface area contributed by atoms with E-state index < -0.39 is 5.60 Å². The van der Waals surface area contributed by atoms with E-state index in [1.165, 1.54) is 10.9 Å². The fraction of sp³-hybridized carbons (Fsp3) is 0.310. The van der Waals surface area contributed by atoms with Crippen LogP contribution >= 0.6 is 47.8 Å². The number of fused-ring (bicyclic) bond motifs is 1. The molecule has 0 atom stereocenters. The van der Waals surface area contributed by atoms with Gasteiger partial charge in [0.05, 0.1) is 34.6 Å². The summed E-state index contributed by atoms with van der Waals surface area (Å²) in [4.78, 5) is 25.5. The van der Waals surface area contributed by atoms with Gasteiger partial charge in [0.25, 0.3) is 5.56 Å². The molecule has 0 unspecified atom stereocenters. The molecule has 9 nitrogen and oxygen atoms in total. The molecule has 2 aromatic carbocycles. The first-order valence-corrected chi connectivity index (χ1v) is 14.4. The lowest BCUT2D eigenvalue weighted by molar-refractivity contribution is -0.0364. The molecule has 1 aliphatic rings. The minimum Gasteiger partial charge on any atom is -0.388 e. The van der Waals surface area contributed by atoms with E-state index in [2.05, 4.69) is 32.1 Å². The largest absolute Gasteiger partial charge is 0.388 e. The van der Waals surface area contributed by atoms with Gasteiger partial charge in [0, 0.05) is 50.0 Å². The highest BCUT2D eigenvalue weighted by Gasteiger charge is 2.33. The monoisotopic (exact) mass is 647 g/mol. The molecular formula is C29H32Cl3N7O2S. The van der Waals surface area contributed by atoms with E-state index in [1.807, 2.05) is 42.0 Å². The van der Waals surface area contributed by atoms with Crippen LogP contribution in [0.1, 0.15) is 24.0 Å². The summed E-state index contributed by atoms with van der Waals surface area (Å²) in [7, 11) is 1.81. The van der Waals surface area contributed by atoms with Crippen LogP contribution < -0.4 is 11.3 Å². The van der Waals surface area contributed by atoms with Crippen molar-refractivity contribution in [2.45, 2.75) is 38.1 Å². The Morgan fingerprint density at radius 2 is 1.79 bits per heavy atom. The van der Waals surface area contributed by atoms with Crippen LogP contribution in [0.2, 0.25) is 5.02 Å². The molecule has 5 aromatic rings. The van der Waals surface area contributed by atoms with E-state index in [0.29, 0.717) is 50.1 Å². The number of halogens is 3. The molecule has 3 aromatic heterocycles. The van der Waals surface area contributed by atoms with E-state index in [-0.39, 0.29) is 36.9 Å². The summed E-state index contributed by atoms with van der Waals surface area (Å²) >= 11 is 8.19. The number of hydrogen-bond donors (Lipinski definition) is 2. The maximum Gasteiger partial charge on any atom is 0.281 e. The van der Waals surface area contributed by atoms with Crippen molar-refractivity contribution in [2.75, 3.05) is 13.1 Å². The van der Waals surface area contributed by atoms with Crippen LogP contribution in [0.5, 0.6) is 0 Å². The standard InChI is InChI=1S/C29H30ClN7O2S.2ClH/c1-35-27(20-4-2-19(13-31)3-5-20)25-26(34-35)28(38)37(17-33-25)16-29(39)8-10-36(11-9-29)15-22-7-6-21(12-23(22)30)24-14-32-18-40-24;;/h2-7,12,14,17-18,39H,8-11,13,15-16,31H2,1H3;2*1H. The van der Waals surface area contributed by atoms with Gasteiger partial charge in [-0.1, -0.05) is 48.0 Å². The number of aromatic nitrogens is 5. The van der Waals surface area contributed by atoms with Gasteiger partial charge in [-0.15, -0.1) is 36.2 Å². The number of aryl methyl sites for hydroxylation is 1. The molecule has 0 spiro atoms. The first-order chi connectivity index (χ1) is 19.3. The van der Waals surface area contributed by atoms with Gasteiger partial charge in [0.15, 0.2) is 5.52 Å². The minimum atomic E-state index is -1.01. The van der Waals surface area contributed by atoms with Gasteiger partial charge in [-0.2, -0.15) is 5.10 Å². The molecule has 3 N–H and O–H groups in total. The highest BCUT2D eigenvalue weighted by atomic mass is 35.5. The number of piperidine rings is 1. The van der Waals surface area contributed by atoms with Gasteiger partial charge in [0.2, 0.25) is 0 Å². The molecule has 0 radical (unpaired) electrons. The second-order valence-corrected chi connectivity index (χ2v) is 11.7. The number of benzene rings is 2. The predicted molar refractivity (Wildman–Crippen MR) is 173 cm³/mol. The van der Waals surface area contributed by atoms with Crippen molar-refractivity contribution >= 4 is 58.8 Å². The second kappa shape index (κ2) is 13.2. The zero-order chi connectivity index (χ0) is 27.9. The van der Waals surface area contributed by atoms with E-state index in [9.17, 15) is 9.90 Å². The first-order valence-electron chi connectivity index (χ1n) is 13.2. The molecule has 222 valence electrons. The summed E-state index contributed by atoms with van der Waals surface area (Å²) in [5, 5.41) is 16.6. The molecule has 4 heterocycles. The third kappa shape index (κ3) is 6.40. The summed E-state index contributed by atoms with van der Waals surface area (Å²) in [6, 6.07) is 14.0. The highest BCUT2D eigenvalue weighted by molar-refractivity contribution is 7.13. The lowest BCUT2D eigenvalue weighted by atomic mass is 9.91.